The lowest BCUT2D eigenvalue weighted by Gasteiger charge is -2.22. The molecule has 0 atom stereocenters. The number of benzene rings is 2. The molecule has 1 fully saturated rings. The van der Waals surface area contributed by atoms with Crippen molar-refractivity contribution >= 4 is 27.4 Å². The lowest BCUT2D eigenvalue weighted by molar-refractivity contribution is 0.415. The second kappa shape index (κ2) is 8.52. The van der Waals surface area contributed by atoms with Gasteiger partial charge < -0.3 is 14.6 Å². The second-order valence-electron chi connectivity index (χ2n) is 8.06. The van der Waals surface area contributed by atoms with E-state index in [1.807, 2.05) is 6.07 Å². The van der Waals surface area contributed by atoms with Crippen LogP contribution in [0, 0.1) is 0 Å². The van der Waals surface area contributed by atoms with Gasteiger partial charge in [0.05, 0.1) is 12.8 Å². The summed E-state index contributed by atoms with van der Waals surface area (Å²) in [7, 11) is 1.72. The summed E-state index contributed by atoms with van der Waals surface area (Å²) in [5.41, 5.74) is 4.68. The molecule has 5 heteroatoms. The summed E-state index contributed by atoms with van der Waals surface area (Å²) >= 11 is 1.71. The average molecular weight is 418 g/mol. The summed E-state index contributed by atoms with van der Waals surface area (Å²) < 4.78 is 7.82. The van der Waals surface area contributed by atoms with E-state index in [4.69, 9.17) is 9.72 Å². The van der Waals surface area contributed by atoms with Gasteiger partial charge in [0.1, 0.15) is 5.75 Å². The maximum absolute atomic E-state index is 5.51. The number of anilines is 1. The van der Waals surface area contributed by atoms with Gasteiger partial charge in [-0.1, -0.05) is 49.6 Å². The lowest BCUT2D eigenvalue weighted by atomic mass is 9.96. The van der Waals surface area contributed by atoms with E-state index in [0.29, 0.717) is 6.04 Å². The van der Waals surface area contributed by atoms with E-state index in [9.17, 15) is 0 Å². The largest absolute Gasteiger partial charge is 0.497 e. The minimum atomic E-state index is 0.567. The van der Waals surface area contributed by atoms with E-state index in [2.05, 4.69) is 63.9 Å². The normalized spacial score (nSPS) is 14.8. The summed E-state index contributed by atoms with van der Waals surface area (Å²) in [6.07, 6.45) is 8.75. The molecule has 0 unspecified atom stereocenters. The smallest absolute Gasteiger partial charge is 0.183 e. The first-order valence-corrected chi connectivity index (χ1v) is 11.6. The van der Waals surface area contributed by atoms with Crippen molar-refractivity contribution in [1.82, 2.24) is 9.55 Å². The molecule has 0 amide bonds. The van der Waals surface area contributed by atoms with Crippen LogP contribution in [0.1, 0.15) is 37.7 Å². The summed E-state index contributed by atoms with van der Waals surface area (Å²) in [4.78, 5) is 4.95. The van der Waals surface area contributed by atoms with Gasteiger partial charge in [-0.05, 0) is 36.6 Å². The summed E-state index contributed by atoms with van der Waals surface area (Å²) in [6.45, 7) is 0.834. The molecule has 2 heterocycles. The van der Waals surface area contributed by atoms with E-state index in [1.165, 1.54) is 48.6 Å². The highest BCUT2D eigenvalue weighted by molar-refractivity contribution is 7.14. The fourth-order valence-corrected chi connectivity index (χ4v) is 5.19. The van der Waals surface area contributed by atoms with Gasteiger partial charge in [0.15, 0.2) is 5.13 Å². The van der Waals surface area contributed by atoms with Gasteiger partial charge >= 0.3 is 0 Å². The number of ether oxygens (including phenoxy) is 1. The predicted molar refractivity (Wildman–Crippen MR) is 126 cm³/mol. The molecule has 0 radical (unpaired) electrons. The van der Waals surface area contributed by atoms with Crippen molar-refractivity contribution < 1.29 is 4.74 Å². The zero-order chi connectivity index (χ0) is 20.3. The number of rotatable bonds is 6. The zero-order valence-corrected chi connectivity index (χ0v) is 18.1. The number of methoxy groups -OCH3 is 1. The van der Waals surface area contributed by atoms with E-state index in [-0.39, 0.29) is 0 Å². The summed E-state index contributed by atoms with van der Waals surface area (Å²) in [5, 5.41) is 8.05. The van der Waals surface area contributed by atoms with Gasteiger partial charge in [0.2, 0.25) is 0 Å². The summed E-state index contributed by atoms with van der Waals surface area (Å²) in [6, 6.07) is 17.5. The molecule has 2 aromatic heterocycles. The molecule has 0 spiro atoms. The Hall–Kier alpha value is -2.79. The Bertz CT molecular complexity index is 1130. The van der Waals surface area contributed by atoms with Crippen molar-refractivity contribution in [2.24, 2.45) is 0 Å². The Kier molecular flexibility index (Phi) is 5.45. The maximum atomic E-state index is 5.51. The third kappa shape index (κ3) is 3.94. The Balaban J connectivity index is 1.50. The van der Waals surface area contributed by atoms with Crippen LogP contribution in [-0.4, -0.2) is 22.7 Å². The third-order valence-electron chi connectivity index (χ3n) is 6.00. The Morgan fingerprint density at radius 1 is 1.10 bits per heavy atom. The van der Waals surface area contributed by atoms with Crippen LogP contribution in [-0.2, 0) is 6.54 Å². The molecule has 1 N–H and O–H groups in total. The number of nitrogens with one attached hydrogen (secondary N) is 1. The van der Waals surface area contributed by atoms with Crippen molar-refractivity contribution in [2.75, 3.05) is 12.4 Å². The fraction of sp³-hybridized carbons (Fsp3) is 0.320. The van der Waals surface area contributed by atoms with Crippen LogP contribution in [0.3, 0.4) is 0 Å². The minimum Gasteiger partial charge on any atom is -0.497 e. The second-order valence-corrected chi connectivity index (χ2v) is 8.91. The molecule has 0 saturated heterocycles. The quantitative estimate of drug-likeness (QED) is 0.386. The van der Waals surface area contributed by atoms with Gasteiger partial charge in [0.25, 0.3) is 0 Å². The first kappa shape index (κ1) is 19.2. The number of thiazole rings is 1. The third-order valence-corrected chi connectivity index (χ3v) is 6.77. The number of fused-ring (bicyclic) bond motifs is 1. The van der Waals surface area contributed by atoms with Crippen LogP contribution in [0.4, 0.5) is 5.13 Å². The highest BCUT2D eigenvalue weighted by Crippen LogP contribution is 2.35. The first-order valence-electron chi connectivity index (χ1n) is 10.7. The fourth-order valence-electron chi connectivity index (χ4n) is 4.40. The van der Waals surface area contributed by atoms with Crippen molar-refractivity contribution in [1.29, 1.82) is 0 Å². The van der Waals surface area contributed by atoms with Gasteiger partial charge in [-0.3, -0.25) is 0 Å². The van der Waals surface area contributed by atoms with Gasteiger partial charge in [0, 0.05) is 40.6 Å². The lowest BCUT2D eigenvalue weighted by Crippen LogP contribution is -2.21. The molecule has 1 aliphatic carbocycles. The molecule has 0 aliphatic heterocycles. The van der Waals surface area contributed by atoms with Crippen molar-refractivity contribution in [3.05, 3.63) is 65.7 Å². The first-order chi connectivity index (χ1) is 14.8. The Labute approximate surface area is 181 Å². The Morgan fingerprint density at radius 3 is 2.73 bits per heavy atom. The molecule has 1 saturated carbocycles. The Morgan fingerprint density at radius 2 is 1.93 bits per heavy atom. The molecule has 1 aliphatic rings. The zero-order valence-electron chi connectivity index (χ0n) is 17.3. The predicted octanol–water partition coefficient (Wildman–Crippen LogP) is 6.57. The molecular weight excluding hydrogens is 390 g/mol. The van der Waals surface area contributed by atoms with Crippen LogP contribution < -0.4 is 10.1 Å². The SMILES string of the molecule is COc1ccc2c(c1)c(-c1csc(NC3CCCCC3)n1)cn2Cc1ccccc1. The number of nitrogens with zero attached hydrogens (tertiary/aromatic N) is 2. The standard InChI is InChI=1S/C25H27N3OS/c1-29-20-12-13-24-21(14-20)22(16-28(24)15-18-8-4-2-5-9-18)23-17-30-25(27-23)26-19-10-6-3-7-11-19/h2,4-5,8-9,12-14,16-17,19H,3,6-7,10-11,15H2,1H3,(H,26,27). The van der Waals surface area contributed by atoms with Gasteiger partial charge in [-0.2, -0.15) is 0 Å². The monoisotopic (exact) mass is 417 g/mol. The molecule has 0 bridgehead atoms. The maximum Gasteiger partial charge on any atom is 0.183 e. The van der Waals surface area contributed by atoms with E-state index in [0.717, 1.165) is 28.7 Å². The van der Waals surface area contributed by atoms with E-state index >= 15 is 0 Å². The van der Waals surface area contributed by atoms with Crippen molar-refractivity contribution in [3.8, 4) is 17.0 Å². The molecular formula is C25H27N3OS. The number of aromatic nitrogens is 2. The van der Waals surface area contributed by atoms with Crippen LogP contribution in [0.25, 0.3) is 22.2 Å². The highest BCUT2D eigenvalue weighted by atomic mass is 32.1. The topological polar surface area (TPSA) is 39.1 Å². The molecule has 4 aromatic rings. The van der Waals surface area contributed by atoms with Gasteiger partial charge in [-0.25, -0.2) is 4.98 Å². The molecule has 5 rings (SSSR count). The van der Waals surface area contributed by atoms with Crippen LogP contribution in [0.5, 0.6) is 5.75 Å². The van der Waals surface area contributed by atoms with Gasteiger partial charge in [-0.15, -0.1) is 11.3 Å². The molecule has 4 nitrogen and oxygen atoms in total. The van der Waals surface area contributed by atoms with E-state index < -0.39 is 0 Å². The minimum absolute atomic E-state index is 0.567. The average Bonchev–Trinajstić information content (AvgIpc) is 3.39. The highest BCUT2D eigenvalue weighted by Gasteiger charge is 2.17. The summed E-state index contributed by atoms with van der Waals surface area (Å²) in [5.74, 6) is 0.872. The molecule has 2 aromatic carbocycles. The number of hydrogen-bond acceptors (Lipinski definition) is 4. The van der Waals surface area contributed by atoms with Crippen molar-refractivity contribution in [2.45, 2.75) is 44.7 Å². The van der Waals surface area contributed by atoms with Crippen LogP contribution in [0.15, 0.2) is 60.1 Å². The number of hydrogen-bond donors (Lipinski definition) is 1. The van der Waals surface area contributed by atoms with Crippen molar-refractivity contribution in [3.63, 3.8) is 0 Å². The van der Waals surface area contributed by atoms with E-state index in [1.54, 1.807) is 18.4 Å². The molecule has 30 heavy (non-hydrogen) atoms. The molecule has 154 valence electrons. The van der Waals surface area contributed by atoms with Crippen LogP contribution in [0.2, 0.25) is 0 Å². The van der Waals surface area contributed by atoms with Crippen LogP contribution >= 0.6 is 11.3 Å².